The number of unbranched alkanes of at least 4 members (excludes halogenated alkanes) is 1. The summed E-state index contributed by atoms with van der Waals surface area (Å²) in [5.41, 5.74) is 5.87. The first kappa shape index (κ1) is 16.2. The molecule has 5 nitrogen and oxygen atoms in total. The van der Waals surface area contributed by atoms with E-state index in [1.54, 1.807) is 18.2 Å². The Kier molecular flexibility index (Phi) is 6.79. The second kappa shape index (κ2) is 8.37. The quantitative estimate of drug-likeness (QED) is 0.566. The molecule has 0 bridgehead atoms. The summed E-state index contributed by atoms with van der Waals surface area (Å²) < 4.78 is 10.4. The number of ether oxygens (including phenoxy) is 2. The Bertz CT molecular complexity index is 477. The van der Waals surface area contributed by atoms with Crippen molar-refractivity contribution in [1.82, 2.24) is 5.32 Å². The van der Waals surface area contributed by atoms with Gasteiger partial charge in [0.2, 0.25) is 0 Å². The van der Waals surface area contributed by atoms with Crippen molar-refractivity contribution in [2.45, 2.75) is 19.3 Å². The zero-order valence-electron chi connectivity index (χ0n) is 11.8. The number of rotatable bonds is 8. The van der Waals surface area contributed by atoms with E-state index >= 15 is 0 Å². The lowest BCUT2D eigenvalue weighted by atomic mass is 10.1. The summed E-state index contributed by atoms with van der Waals surface area (Å²) in [6.07, 6.45) is 2.40. The molecule has 20 heavy (non-hydrogen) atoms. The van der Waals surface area contributed by atoms with Gasteiger partial charge in [-0.15, -0.1) is 0 Å². The molecule has 1 amide bonds. The molecule has 1 rings (SSSR count). The number of hydrogen-bond donors (Lipinski definition) is 2. The maximum atomic E-state index is 12.1. The lowest BCUT2D eigenvalue weighted by Crippen LogP contribution is -2.25. The first-order chi connectivity index (χ1) is 9.60. The van der Waals surface area contributed by atoms with Gasteiger partial charge in [-0.3, -0.25) is 4.79 Å². The van der Waals surface area contributed by atoms with Crippen molar-refractivity contribution in [2.75, 3.05) is 20.8 Å². The van der Waals surface area contributed by atoms with Crippen molar-refractivity contribution in [3.63, 3.8) is 0 Å². The topological polar surface area (TPSA) is 73.6 Å². The molecule has 1 aromatic rings. The van der Waals surface area contributed by atoms with Gasteiger partial charge in [-0.05, 0) is 31.4 Å². The minimum Gasteiger partial charge on any atom is -0.493 e. The second-order valence-corrected chi connectivity index (χ2v) is 4.74. The Labute approximate surface area is 124 Å². The molecule has 0 saturated heterocycles. The normalized spacial score (nSPS) is 9.90. The average Bonchev–Trinajstić information content (AvgIpc) is 2.45. The number of methoxy groups -OCH3 is 2. The van der Waals surface area contributed by atoms with Gasteiger partial charge in [0.25, 0.3) is 5.91 Å². The number of nitrogens with two attached hydrogens (primary N) is 1. The fourth-order valence-electron chi connectivity index (χ4n) is 1.79. The molecule has 0 aliphatic heterocycles. The zero-order valence-corrected chi connectivity index (χ0v) is 12.6. The van der Waals surface area contributed by atoms with E-state index in [0.29, 0.717) is 35.0 Å². The summed E-state index contributed by atoms with van der Waals surface area (Å²) in [5, 5.41) is 2.84. The summed E-state index contributed by atoms with van der Waals surface area (Å²) in [5.74, 6) is 0.792. The molecule has 1 aromatic carbocycles. The minimum absolute atomic E-state index is 0.184. The van der Waals surface area contributed by atoms with Crippen LogP contribution in [-0.2, 0) is 0 Å². The van der Waals surface area contributed by atoms with Crippen LogP contribution in [0.15, 0.2) is 18.2 Å². The van der Waals surface area contributed by atoms with Gasteiger partial charge in [-0.1, -0.05) is 18.3 Å². The van der Waals surface area contributed by atoms with Crippen LogP contribution in [0.25, 0.3) is 0 Å². The smallest absolute Gasteiger partial charge is 0.255 e. The molecule has 6 heteroatoms. The van der Waals surface area contributed by atoms with Crippen LogP contribution in [0.4, 0.5) is 0 Å². The molecule has 0 unspecified atom stereocenters. The first-order valence-corrected chi connectivity index (χ1v) is 6.78. The van der Waals surface area contributed by atoms with Crippen molar-refractivity contribution < 1.29 is 14.3 Å². The van der Waals surface area contributed by atoms with Crippen molar-refractivity contribution in [3.05, 3.63) is 23.8 Å². The molecule has 0 atom stereocenters. The van der Waals surface area contributed by atoms with Gasteiger partial charge in [0, 0.05) is 6.54 Å². The SMILES string of the molecule is COc1cccc(C(=O)NCCCCC(N)=S)c1OC. The Morgan fingerprint density at radius 1 is 1.30 bits per heavy atom. The van der Waals surface area contributed by atoms with Crippen LogP contribution in [0.3, 0.4) is 0 Å². The summed E-state index contributed by atoms with van der Waals surface area (Å²) in [7, 11) is 3.05. The highest BCUT2D eigenvalue weighted by Gasteiger charge is 2.15. The number of carbonyl (C=O) groups excluding carboxylic acids is 1. The summed E-state index contributed by atoms with van der Waals surface area (Å²) >= 11 is 4.79. The molecule has 110 valence electrons. The van der Waals surface area contributed by atoms with Gasteiger partial charge in [0.15, 0.2) is 11.5 Å². The minimum atomic E-state index is -0.184. The van der Waals surface area contributed by atoms with Gasteiger partial charge < -0.3 is 20.5 Å². The molecule has 3 N–H and O–H groups in total. The van der Waals surface area contributed by atoms with Crippen molar-refractivity contribution in [3.8, 4) is 11.5 Å². The van der Waals surface area contributed by atoms with E-state index in [0.717, 1.165) is 12.8 Å². The summed E-state index contributed by atoms with van der Waals surface area (Å²) in [6.45, 7) is 0.571. The van der Waals surface area contributed by atoms with Crippen LogP contribution < -0.4 is 20.5 Å². The standard InChI is InChI=1S/C14H20N2O3S/c1-18-11-7-5-6-10(13(11)19-2)14(17)16-9-4-3-8-12(15)20/h5-7H,3-4,8-9H2,1-2H3,(H2,15,20)(H,16,17). The van der Waals surface area contributed by atoms with E-state index in [9.17, 15) is 4.79 Å². The highest BCUT2D eigenvalue weighted by Crippen LogP contribution is 2.30. The molecule has 0 spiro atoms. The Morgan fingerprint density at radius 3 is 2.65 bits per heavy atom. The van der Waals surface area contributed by atoms with Crippen molar-refractivity contribution >= 4 is 23.1 Å². The molecule has 0 aliphatic rings. The zero-order chi connectivity index (χ0) is 15.0. The average molecular weight is 296 g/mol. The van der Waals surface area contributed by atoms with Gasteiger partial charge in [0.1, 0.15) is 0 Å². The van der Waals surface area contributed by atoms with Crippen LogP contribution in [0.1, 0.15) is 29.6 Å². The van der Waals surface area contributed by atoms with Crippen LogP contribution in [0.5, 0.6) is 11.5 Å². The van der Waals surface area contributed by atoms with E-state index in [1.165, 1.54) is 14.2 Å². The fourth-order valence-corrected chi connectivity index (χ4v) is 1.93. The Morgan fingerprint density at radius 2 is 2.05 bits per heavy atom. The number of para-hydroxylation sites is 1. The third kappa shape index (κ3) is 4.70. The molecular weight excluding hydrogens is 276 g/mol. The van der Waals surface area contributed by atoms with E-state index in [4.69, 9.17) is 27.4 Å². The predicted octanol–water partition coefficient (Wildman–Crippen LogP) is 1.89. The molecule has 0 aromatic heterocycles. The number of carbonyl (C=O) groups is 1. The molecule has 0 heterocycles. The van der Waals surface area contributed by atoms with Gasteiger partial charge in [-0.25, -0.2) is 0 Å². The lowest BCUT2D eigenvalue weighted by molar-refractivity contribution is 0.0949. The van der Waals surface area contributed by atoms with Crippen LogP contribution in [0.2, 0.25) is 0 Å². The van der Waals surface area contributed by atoms with E-state index in [1.807, 2.05) is 0 Å². The number of benzene rings is 1. The molecule has 0 fully saturated rings. The molecule has 0 radical (unpaired) electrons. The van der Waals surface area contributed by atoms with E-state index in [2.05, 4.69) is 5.32 Å². The van der Waals surface area contributed by atoms with Crippen molar-refractivity contribution in [2.24, 2.45) is 5.73 Å². The van der Waals surface area contributed by atoms with Gasteiger partial charge in [-0.2, -0.15) is 0 Å². The molecular formula is C14H20N2O3S. The predicted molar refractivity (Wildman–Crippen MR) is 82.5 cm³/mol. The number of nitrogens with one attached hydrogen (secondary N) is 1. The van der Waals surface area contributed by atoms with Gasteiger partial charge >= 0.3 is 0 Å². The van der Waals surface area contributed by atoms with Crippen LogP contribution in [0, 0.1) is 0 Å². The molecule has 0 aliphatic carbocycles. The van der Waals surface area contributed by atoms with E-state index in [-0.39, 0.29) is 5.91 Å². The highest BCUT2D eigenvalue weighted by atomic mass is 32.1. The monoisotopic (exact) mass is 296 g/mol. The number of hydrogen-bond acceptors (Lipinski definition) is 4. The maximum Gasteiger partial charge on any atom is 0.255 e. The van der Waals surface area contributed by atoms with E-state index < -0.39 is 0 Å². The molecule has 0 saturated carbocycles. The highest BCUT2D eigenvalue weighted by molar-refractivity contribution is 7.80. The third-order valence-electron chi connectivity index (χ3n) is 2.78. The van der Waals surface area contributed by atoms with Gasteiger partial charge in [0.05, 0.1) is 24.8 Å². The summed E-state index contributed by atoms with van der Waals surface area (Å²) in [4.78, 5) is 12.6. The van der Waals surface area contributed by atoms with Crippen LogP contribution in [-0.4, -0.2) is 31.7 Å². The van der Waals surface area contributed by atoms with Crippen molar-refractivity contribution in [1.29, 1.82) is 0 Å². The largest absolute Gasteiger partial charge is 0.493 e. The maximum absolute atomic E-state index is 12.1. The lowest BCUT2D eigenvalue weighted by Gasteiger charge is -2.12. The number of thiocarbonyl (C=S) groups is 1. The summed E-state index contributed by atoms with van der Waals surface area (Å²) in [6, 6.07) is 5.20. The second-order valence-electron chi connectivity index (χ2n) is 4.22. The first-order valence-electron chi connectivity index (χ1n) is 6.37. The number of amides is 1. The Hall–Kier alpha value is -1.82. The third-order valence-corrected chi connectivity index (χ3v) is 2.99. The Balaban J connectivity index is 2.57. The van der Waals surface area contributed by atoms with Crippen LogP contribution >= 0.6 is 12.2 Å². The fraction of sp³-hybridized carbons (Fsp3) is 0.429.